The van der Waals surface area contributed by atoms with Crippen LogP contribution in [0.3, 0.4) is 0 Å². The maximum atomic E-state index is 11.6. The number of guanidine groups is 1. The number of alkyl carbamates (subject to hydrolysis) is 1. The fourth-order valence-corrected chi connectivity index (χ4v) is 2.95. The SMILES string of the molecule is CCNC(=NCc1ccc(N2CCOCC2)cc1)NCCCNC(=O)OC(C)(C)C. The molecular weight excluding hydrogens is 382 g/mol. The Kier molecular flexibility index (Phi) is 9.73. The zero-order chi connectivity index (χ0) is 21.8. The quantitative estimate of drug-likeness (QED) is 0.341. The molecule has 0 saturated carbocycles. The molecule has 0 unspecified atom stereocenters. The van der Waals surface area contributed by atoms with Crippen molar-refractivity contribution in [3.8, 4) is 0 Å². The van der Waals surface area contributed by atoms with Gasteiger partial charge in [0.25, 0.3) is 0 Å². The molecule has 0 atom stereocenters. The Balaban J connectivity index is 1.73. The number of benzene rings is 1. The van der Waals surface area contributed by atoms with Crippen LogP contribution in [0.1, 0.15) is 39.7 Å². The van der Waals surface area contributed by atoms with E-state index in [1.165, 1.54) is 5.69 Å². The van der Waals surface area contributed by atoms with Gasteiger partial charge in [0, 0.05) is 38.4 Å². The molecule has 0 bridgehead atoms. The second-order valence-corrected chi connectivity index (χ2v) is 8.17. The lowest BCUT2D eigenvalue weighted by Crippen LogP contribution is -2.39. The van der Waals surface area contributed by atoms with Crippen molar-refractivity contribution in [2.45, 2.75) is 46.3 Å². The Morgan fingerprint density at radius 1 is 1.10 bits per heavy atom. The number of amides is 1. The second kappa shape index (κ2) is 12.3. The number of aliphatic imine (C=N–C) groups is 1. The monoisotopic (exact) mass is 419 g/mol. The van der Waals surface area contributed by atoms with E-state index >= 15 is 0 Å². The van der Waals surface area contributed by atoms with Crippen LogP contribution in [0, 0.1) is 0 Å². The summed E-state index contributed by atoms with van der Waals surface area (Å²) < 4.78 is 10.6. The predicted molar refractivity (Wildman–Crippen MR) is 121 cm³/mol. The molecule has 1 aromatic carbocycles. The van der Waals surface area contributed by atoms with Gasteiger partial charge in [-0.2, -0.15) is 0 Å². The lowest BCUT2D eigenvalue weighted by atomic mass is 10.2. The van der Waals surface area contributed by atoms with Gasteiger partial charge in [-0.25, -0.2) is 9.79 Å². The molecule has 0 aliphatic carbocycles. The predicted octanol–water partition coefficient (Wildman–Crippen LogP) is 2.49. The fraction of sp³-hybridized carbons (Fsp3) is 0.636. The van der Waals surface area contributed by atoms with Gasteiger partial charge in [0.05, 0.1) is 19.8 Å². The van der Waals surface area contributed by atoms with Gasteiger partial charge >= 0.3 is 6.09 Å². The zero-order valence-corrected chi connectivity index (χ0v) is 18.8. The van der Waals surface area contributed by atoms with E-state index in [1.54, 1.807) is 0 Å². The van der Waals surface area contributed by atoms with Crippen LogP contribution in [0.25, 0.3) is 0 Å². The van der Waals surface area contributed by atoms with Crippen molar-refractivity contribution >= 4 is 17.7 Å². The summed E-state index contributed by atoms with van der Waals surface area (Å²) in [7, 11) is 0. The minimum Gasteiger partial charge on any atom is -0.444 e. The molecule has 1 amide bonds. The van der Waals surface area contributed by atoms with E-state index in [4.69, 9.17) is 9.47 Å². The highest BCUT2D eigenvalue weighted by atomic mass is 16.6. The molecule has 1 heterocycles. The van der Waals surface area contributed by atoms with Gasteiger partial charge in [-0.3, -0.25) is 0 Å². The van der Waals surface area contributed by atoms with E-state index in [1.807, 2.05) is 27.7 Å². The molecular formula is C22H37N5O3. The van der Waals surface area contributed by atoms with E-state index in [0.29, 0.717) is 19.6 Å². The number of hydrogen-bond acceptors (Lipinski definition) is 5. The number of nitrogens with zero attached hydrogens (tertiary/aromatic N) is 2. The van der Waals surface area contributed by atoms with Crippen LogP contribution in [0.5, 0.6) is 0 Å². The Bertz CT molecular complexity index is 664. The molecule has 3 N–H and O–H groups in total. The number of carbonyl (C=O) groups is 1. The van der Waals surface area contributed by atoms with E-state index < -0.39 is 5.60 Å². The number of carbonyl (C=O) groups excluding carboxylic acids is 1. The summed E-state index contributed by atoms with van der Waals surface area (Å²) >= 11 is 0. The molecule has 8 heteroatoms. The summed E-state index contributed by atoms with van der Waals surface area (Å²) in [6, 6.07) is 8.56. The second-order valence-electron chi connectivity index (χ2n) is 8.17. The van der Waals surface area contributed by atoms with E-state index in [-0.39, 0.29) is 6.09 Å². The third kappa shape index (κ3) is 9.35. The maximum Gasteiger partial charge on any atom is 0.407 e. The van der Waals surface area contributed by atoms with Gasteiger partial charge in [0.1, 0.15) is 5.60 Å². The summed E-state index contributed by atoms with van der Waals surface area (Å²) in [5.41, 5.74) is 1.91. The molecule has 1 fully saturated rings. The molecule has 0 aromatic heterocycles. The molecule has 0 spiro atoms. The van der Waals surface area contributed by atoms with Crippen LogP contribution in [0.15, 0.2) is 29.3 Å². The molecule has 1 aliphatic rings. The lowest BCUT2D eigenvalue weighted by molar-refractivity contribution is 0.0527. The first kappa shape index (κ1) is 23.8. The van der Waals surface area contributed by atoms with Crippen LogP contribution >= 0.6 is 0 Å². The third-order valence-electron chi connectivity index (χ3n) is 4.39. The number of hydrogen-bond donors (Lipinski definition) is 3. The molecule has 1 saturated heterocycles. The van der Waals surface area contributed by atoms with E-state index in [0.717, 1.165) is 50.8 Å². The van der Waals surface area contributed by atoms with E-state index in [9.17, 15) is 4.79 Å². The molecule has 1 aromatic rings. The summed E-state index contributed by atoms with van der Waals surface area (Å²) in [5, 5.41) is 9.31. The van der Waals surface area contributed by atoms with Crippen molar-refractivity contribution in [2.75, 3.05) is 50.8 Å². The van der Waals surface area contributed by atoms with Crippen molar-refractivity contribution in [3.63, 3.8) is 0 Å². The van der Waals surface area contributed by atoms with Crippen molar-refractivity contribution in [1.82, 2.24) is 16.0 Å². The van der Waals surface area contributed by atoms with Gasteiger partial charge in [-0.15, -0.1) is 0 Å². The van der Waals surface area contributed by atoms with E-state index in [2.05, 4.69) is 50.1 Å². The normalized spacial score (nSPS) is 14.9. The molecule has 168 valence electrons. The van der Waals surface area contributed by atoms with Crippen molar-refractivity contribution < 1.29 is 14.3 Å². The minimum absolute atomic E-state index is 0.386. The maximum absolute atomic E-state index is 11.6. The molecule has 1 aliphatic heterocycles. The van der Waals surface area contributed by atoms with Crippen molar-refractivity contribution in [1.29, 1.82) is 0 Å². The average Bonchev–Trinajstić information content (AvgIpc) is 2.71. The molecule has 8 nitrogen and oxygen atoms in total. The topological polar surface area (TPSA) is 87.2 Å². The van der Waals surface area contributed by atoms with Crippen LogP contribution in [0.4, 0.5) is 10.5 Å². The number of anilines is 1. The van der Waals surface area contributed by atoms with Gasteiger partial charge in [-0.1, -0.05) is 12.1 Å². The van der Waals surface area contributed by atoms with Crippen molar-refractivity contribution in [3.05, 3.63) is 29.8 Å². The Morgan fingerprint density at radius 2 is 1.77 bits per heavy atom. The molecule has 2 rings (SSSR count). The van der Waals surface area contributed by atoms with Crippen LogP contribution < -0.4 is 20.9 Å². The number of ether oxygens (including phenoxy) is 2. The first-order valence-electron chi connectivity index (χ1n) is 10.8. The summed E-state index contributed by atoms with van der Waals surface area (Å²) in [6.45, 7) is 13.7. The number of rotatable bonds is 8. The first-order valence-corrected chi connectivity index (χ1v) is 10.8. The molecule has 0 radical (unpaired) electrons. The largest absolute Gasteiger partial charge is 0.444 e. The van der Waals surface area contributed by atoms with Crippen LogP contribution in [-0.4, -0.2) is 63.6 Å². The standard InChI is InChI=1S/C22H37N5O3/c1-5-23-20(24-11-6-12-25-21(28)30-22(2,3)4)26-17-18-7-9-19(10-8-18)27-13-15-29-16-14-27/h7-10H,5-6,11-17H2,1-4H3,(H,25,28)(H2,23,24,26). The highest BCUT2D eigenvalue weighted by Gasteiger charge is 2.15. The highest BCUT2D eigenvalue weighted by molar-refractivity contribution is 5.79. The number of morpholine rings is 1. The smallest absolute Gasteiger partial charge is 0.407 e. The third-order valence-corrected chi connectivity index (χ3v) is 4.39. The van der Waals surface area contributed by atoms with Gasteiger partial charge in [-0.05, 0) is 51.8 Å². The van der Waals surface area contributed by atoms with Crippen LogP contribution in [-0.2, 0) is 16.0 Å². The van der Waals surface area contributed by atoms with Crippen LogP contribution in [0.2, 0.25) is 0 Å². The lowest BCUT2D eigenvalue weighted by Gasteiger charge is -2.28. The average molecular weight is 420 g/mol. The number of nitrogens with one attached hydrogen (secondary N) is 3. The van der Waals surface area contributed by atoms with Gasteiger partial charge in [0.15, 0.2) is 5.96 Å². The summed E-state index contributed by atoms with van der Waals surface area (Å²) in [6.07, 6.45) is 0.390. The minimum atomic E-state index is -0.479. The van der Waals surface area contributed by atoms with Gasteiger partial charge in [0.2, 0.25) is 0 Å². The summed E-state index contributed by atoms with van der Waals surface area (Å²) in [5.74, 6) is 0.770. The Morgan fingerprint density at radius 3 is 2.40 bits per heavy atom. The summed E-state index contributed by atoms with van der Waals surface area (Å²) in [4.78, 5) is 18.6. The fourth-order valence-electron chi connectivity index (χ4n) is 2.95. The Labute approximate surface area is 180 Å². The van der Waals surface area contributed by atoms with Gasteiger partial charge < -0.3 is 30.3 Å². The highest BCUT2D eigenvalue weighted by Crippen LogP contribution is 2.17. The van der Waals surface area contributed by atoms with Crippen molar-refractivity contribution in [2.24, 2.45) is 4.99 Å². The molecule has 30 heavy (non-hydrogen) atoms. The Hall–Kier alpha value is -2.48. The first-order chi connectivity index (χ1) is 14.4. The zero-order valence-electron chi connectivity index (χ0n) is 18.8.